The Kier molecular flexibility index (Phi) is 13.0. The average molecular weight is 429 g/mol. The Balaban J connectivity index is 0.00000400. The minimum absolute atomic E-state index is 0. The van der Waals surface area contributed by atoms with Crippen LogP contribution in [0.5, 0.6) is 0 Å². The van der Waals surface area contributed by atoms with E-state index in [2.05, 4.69) is 36.2 Å². The van der Waals surface area contributed by atoms with Crippen LogP contribution in [0.2, 0.25) is 0 Å². The van der Waals surface area contributed by atoms with Gasteiger partial charge in [0.05, 0.1) is 6.54 Å². The van der Waals surface area contributed by atoms with Gasteiger partial charge in [0, 0.05) is 31.6 Å². The number of ether oxygens (including phenoxy) is 1. The third-order valence-corrected chi connectivity index (χ3v) is 5.06. The van der Waals surface area contributed by atoms with Crippen molar-refractivity contribution in [2.24, 2.45) is 4.99 Å². The summed E-state index contributed by atoms with van der Waals surface area (Å²) in [6.45, 7) is 8.13. The molecule has 21 heavy (non-hydrogen) atoms. The first-order valence-corrected chi connectivity index (χ1v) is 8.84. The molecule has 0 radical (unpaired) electrons. The molecule has 1 heterocycles. The van der Waals surface area contributed by atoms with Gasteiger partial charge < -0.3 is 15.4 Å². The third-order valence-electron chi connectivity index (χ3n) is 3.53. The largest absolute Gasteiger partial charge is 0.385 e. The van der Waals surface area contributed by atoms with Crippen molar-refractivity contribution in [3.8, 4) is 0 Å². The van der Waals surface area contributed by atoms with Gasteiger partial charge in [-0.05, 0) is 51.7 Å². The molecule has 1 aliphatic rings. The molecule has 0 aromatic rings. The van der Waals surface area contributed by atoms with E-state index in [1.54, 1.807) is 7.11 Å². The van der Waals surface area contributed by atoms with E-state index in [0.29, 0.717) is 4.75 Å². The molecule has 0 bridgehead atoms. The van der Waals surface area contributed by atoms with Crippen molar-refractivity contribution in [2.75, 3.05) is 39.1 Å². The summed E-state index contributed by atoms with van der Waals surface area (Å²) in [7, 11) is 1.76. The van der Waals surface area contributed by atoms with E-state index in [1.807, 2.05) is 0 Å². The highest BCUT2D eigenvalue weighted by atomic mass is 127. The lowest BCUT2D eigenvalue weighted by molar-refractivity contribution is 0.192. The zero-order valence-electron chi connectivity index (χ0n) is 13.7. The highest BCUT2D eigenvalue weighted by Crippen LogP contribution is 2.37. The number of aliphatic imine (C=N–C) groups is 1. The van der Waals surface area contributed by atoms with Gasteiger partial charge in [-0.25, -0.2) is 0 Å². The number of methoxy groups -OCH3 is 1. The predicted molar refractivity (Wildman–Crippen MR) is 105 cm³/mol. The van der Waals surface area contributed by atoms with Crippen molar-refractivity contribution in [2.45, 2.75) is 50.7 Å². The maximum absolute atomic E-state index is 5.06. The van der Waals surface area contributed by atoms with E-state index >= 15 is 0 Å². The summed E-state index contributed by atoms with van der Waals surface area (Å²) < 4.78 is 5.40. The molecule has 1 aliphatic heterocycles. The Morgan fingerprint density at radius 2 is 2.10 bits per heavy atom. The van der Waals surface area contributed by atoms with Gasteiger partial charge in [-0.15, -0.1) is 24.0 Å². The standard InChI is InChI=1S/C15H31N3OS.HI/c1-4-16-14(17-10-6-5-7-11-19-3)18-13-15(2)9-8-12-20-15;/h4-13H2,1-3H3,(H2,16,17,18);1H. The van der Waals surface area contributed by atoms with Gasteiger partial charge in [0.15, 0.2) is 5.96 Å². The number of unbranched alkanes of at least 4 members (excludes halogenated alkanes) is 2. The second-order valence-electron chi connectivity index (χ2n) is 5.58. The molecular formula is C15H32IN3OS. The van der Waals surface area contributed by atoms with Crippen molar-refractivity contribution in [1.82, 2.24) is 10.6 Å². The summed E-state index contributed by atoms with van der Waals surface area (Å²) in [6, 6.07) is 0. The first kappa shape index (κ1) is 21.3. The highest BCUT2D eigenvalue weighted by Gasteiger charge is 2.29. The molecule has 4 nitrogen and oxygen atoms in total. The summed E-state index contributed by atoms with van der Waals surface area (Å²) in [5.41, 5.74) is 0. The monoisotopic (exact) mass is 429 g/mol. The summed E-state index contributed by atoms with van der Waals surface area (Å²) in [4.78, 5) is 4.75. The smallest absolute Gasteiger partial charge is 0.191 e. The fourth-order valence-corrected chi connectivity index (χ4v) is 3.53. The summed E-state index contributed by atoms with van der Waals surface area (Å²) in [5, 5.41) is 6.76. The van der Waals surface area contributed by atoms with Crippen molar-refractivity contribution >= 4 is 41.7 Å². The molecule has 0 spiro atoms. The number of hydrogen-bond donors (Lipinski definition) is 2. The average Bonchev–Trinajstić information content (AvgIpc) is 2.87. The molecule has 0 saturated carbocycles. The first-order valence-electron chi connectivity index (χ1n) is 7.85. The maximum atomic E-state index is 5.06. The topological polar surface area (TPSA) is 45.7 Å². The molecule has 0 aromatic heterocycles. The van der Waals surface area contributed by atoms with E-state index in [9.17, 15) is 0 Å². The lowest BCUT2D eigenvalue weighted by atomic mass is 10.1. The minimum atomic E-state index is 0. The Morgan fingerprint density at radius 1 is 1.29 bits per heavy atom. The third kappa shape index (κ3) is 9.84. The maximum Gasteiger partial charge on any atom is 0.191 e. The molecule has 1 fully saturated rings. The van der Waals surface area contributed by atoms with E-state index in [4.69, 9.17) is 9.73 Å². The van der Waals surface area contributed by atoms with Crippen LogP contribution >= 0.6 is 35.7 Å². The second-order valence-corrected chi connectivity index (χ2v) is 7.26. The number of nitrogens with one attached hydrogen (secondary N) is 2. The second kappa shape index (κ2) is 12.8. The number of hydrogen-bond acceptors (Lipinski definition) is 3. The molecule has 2 N–H and O–H groups in total. The van der Waals surface area contributed by atoms with Gasteiger partial charge in [-0.3, -0.25) is 4.99 Å². The van der Waals surface area contributed by atoms with Crippen LogP contribution in [0.3, 0.4) is 0 Å². The number of halogens is 1. The van der Waals surface area contributed by atoms with Crippen LogP contribution in [0, 0.1) is 0 Å². The normalized spacial score (nSPS) is 22.0. The number of thioether (sulfide) groups is 1. The molecular weight excluding hydrogens is 397 g/mol. The van der Waals surface area contributed by atoms with Gasteiger partial charge in [0.1, 0.15) is 0 Å². The van der Waals surface area contributed by atoms with Gasteiger partial charge in [0.25, 0.3) is 0 Å². The van der Waals surface area contributed by atoms with Crippen LogP contribution in [0.25, 0.3) is 0 Å². The Hall–Kier alpha value is 0.310. The van der Waals surface area contributed by atoms with E-state index < -0.39 is 0 Å². The Bertz CT molecular complexity index is 284. The zero-order chi connectivity index (χ0) is 14.7. The summed E-state index contributed by atoms with van der Waals surface area (Å²) >= 11 is 2.07. The Morgan fingerprint density at radius 3 is 2.71 bits per heavy atom. The molecule has 0 aliphatic carbocycles. The van der Waals surface area contributed by atoms with Crippen molar-refractivity contribution in [3.63, 3.8) is 0 Å². The zero-order valence-corrected chi connectivity index (χ0v) is 16.9. The van der Waals surface area contributed by atoms with Gasteiger partial charge in [0.2, 0.25) is 0 Å². The Labute approximate surface area is 151 Å². The lowest BCUT2D eigenvalue weighted by Crippen LogP contribution is -2.39. The number of rotatable bonds is 9. The van der Waals surface area contributed by atoms with Crippen LogP contribution in [-0.2, 0) is 4.74 Å². The fourth-order valence-electron chi connectivity index (χ4n) is 2.30. The van der Waals surface area contributed by atoms with Gasteiger partial charge in [-0.1, -0.05) is 0 Å². The number of nitrogens with zero attached hydrogens (tertiary/aromatic N) is 1. The lowest BCUT2D eigenvalue weighted by Gasteiger charge is -2.21. The van der Waals surface area contributed by atoms with Gasteiger partial charge in [-0.2, -0.15) is 11.8 Å². The van der Waals surface area contributed by atoms with Crippen LogP contribution in [0.15, 0.2) is 4.99 Å². The van der Waals surface area contributed by atoms with Crippen molar-refractivity contribution < 1.29 is 4.74 Å². The number of guanidine groups is 1. The molecule has 1 saturated heterocycles. The van der Waals surface area contributed by atoms with Crippen molar-refractivity contribution in [1.29, 1.82) is 0 Å². The van der Waals surface area contributed by atoms with Crippen molar-refractivity contribution in [3.05, 3.63) is 0 Å². The molecule has 6 heteroatoms. The molecule has 1 rings (SSSR count). The fraction of sp³-hybridized carbons (Fsp3) is 0.933. The highest BCUT2D eigenvalue weighted by molar-refractivity contribution is 14.0. The summed E-state index contributed by atoms with van der Waals surface area (Å²) in [5.74, 6) is 2.25. The van der Waals surface area contributed by atoms with E-state index in [0.717, 1.165) is 38.6 Å². The molecule has 1 atom stereocenters. The van der Waals surface area contributed by atoms with Crippen LogP contribution < -0.4 is 10.6 Å². The van der Waals surface area contributed by atoms with Crippen LogP contribution in [0.4, 0.5) is 0 Å². The first-order chi connectivity index (χ1) is 9.70. The van der Waals surface area contributed by atoms with Gasteiger partial charge >= 0.3 is 0 Å². The quantitative estimate of drug-likeness (QED) is 0.256. The predicted octanol–water partition coefficient (Wildman–Crippen LogP) is 3.26. The SMILES string of the molecule is CCNC(=NCC1(C)CCCS1)NCCCCCOC.I. The van der Waals surface area contributed by atoms with E-state index in [1.165, 1.54) is 31.4 Å². The molecule has 1 unspecified atom stereocenters. The summed E-state index contributed by atoms with van der Waals surface area (Å²) in [6.07, 6.45) is 6.13. The van der Waals surface area contributed by atoms with E-state index in [-0.39, 0.29) is 24.0 Å². The molecule has 0 amide bonds. The van der Waals surface area contributed by atoms with Crippen LogP contribution in [0.1, 0.15) is 46.0 Å². The van der Waals surface area contributed by atoms with Crippen LogP contribution in [-0.4, -0.2) is 49.8 Å². The molecule has 0 aromatic carbocycles. The minimum Gasteiger partial charge on any atom is -0.385 e. The molecule has 126 valence electrons.